The standard InChI is InChI=1S/C25H32FN3O4/c26-19-10-8-17(9-11-19)23-15-21(29-33-23)25(32)27-12-3-1-2-5-16-13-18(14-16)24(31)28-20-6-4-7-22(20)30/h8-11,15-16,18,20,22,30H,1-7,12-14H2,(H,27,32)(H,28,31)/t16?,18?,20-,22+/m0/s1. The lowest BCUT2D eigenvalue weighted by atomic mass is 9.72. The molecule has 0 aliphatic heterocycles. The minimum absolute atomic E-state index is 0.0569. The number of halogens is 1. The first-order valence-electron chi connectivity index (χ1n) is 12.0. The average Bonchev–Trinajstić information content (AvgIpc) is 3.42. The van der Waals surface area contributed by atoms with E-state index in [0.717, 1.165) is 57.8 Å². The highest BCUT2D eigenvalue weighted by Crippen LogP contribution is 2.37. The number of hydrogen-bond donors (Lipinski definition) is 3. The van der Waals surface area contributed by atoms with E-state index in [2.05, 4.69) is 15.8 Å². The van der Waals surface area contributed by atoms with Gasteiger partial charge in [-0.1, -0.05) is 24.4 Å². The Hall–Kier alpha value is -2.74. The zero-order valence-electron chi connectivity index (χ0n) is 18.8. The Morgan fingerprint density at radius 2 is 1.91 bits per heavy atom. The molecule has 2 amide bonds. The normalized spacial score (nSPS) is 24.3. The average molecular weight is 458 g/mol. The van der Waals surface area contributed by atoms with E-state index in [0.29, 0.717) is 23.8 Å². The number of aliphatic hydroxyl groups is 1. The lowest BCUT2D eigenvalue weighted by Crippen LogP contribution is -2.46. The molecular weight excluding hydrogens is 425 g/mol. The second-order valence-corrected chi connectivity index (χ2v) is 9.34. The van der Waals surface area contributed by atoms with Gasteiger partial charge in [0.05, 0.1) is 12.1 Å². The fourth-order valence-electron chi connectivity index (χ4n) is 4.75. The Kier molecular flexibility index (Phi) is 7.75. The highest BCUT2D eigenvalue weighted by molar-refractivity contribution is 5.93. The summed E-state index contributed by atoms with van der Waals surface area (Å²) in [5.74, 6) is 0.613. The SMILES string of the molecule is O=C(NCCCCCC1CC(C(=O)N[C@H]2CCC[C@H]2O)C1)c1cc(-c2ccc(F)cc2)on1. The summed E-state index contributed by atoms with van der Waals surface area (Å²) in [5.41, 5.74) is 0.869. The fourth-order valence-corrected chi connectivity index (χ4v) is 4.75. The van der Waals surface area contributed by atoms with Crippen LogP contribution in [-0.4, -0.2) is 40.8 Å². The van der Waals surface area contributed by atoms with Crippen molar-refractivity contribution < 1.29 is 23.6 Å². The van der Waals surface area contributed by atoms with Gasteiger partial charge in [-0.2, -0.15) is 0 Å². The fraction of sp³-hybridized carbons (Fsp3) is 0.560. The first kappa shape index (κ1) is 23.4. The zero-order chi connectivity index (χ0) is 23.2. The summed E-state index contributed by atoms with van der Waals surface area (Å²) in [4.78, 5) is 24.5. The van der Waals surface area contributed by atoms with Gasteiger partial charge in [-0.05, 0) is 68.7 Å². The maximum absolute atomic E-state index is 13.0. The van der Waals surface area contributed by atoms with Gasteiger partial charge in [0, 0.05) is 24.1 Å². The molecule has 0 unspecified atom stereocenters. The molecule has 0 spiro atoms. The first-order chi connectivity index (χ1) is 16.0. The molecule has 7 nitrogen and oxygen atoms in total. The van der Waals surface area contributed by atoms with Crippen LogP contribution in [0.15, 0.2) is 34.9 Å². The number of hydrogen-bond acceptors (Lipinski definition) is 5. The van der Waals surface area contributed by atoms with Crippen LogP contribution >= 0.6 is 0 Å². The van der Waals surface area contributed by atoms with Gasteiger partial charge in [0.1, 0.15) is 5.82 Å². The molecule has 2 atom stereocenters. The molecule has 0 saturated heterocycles. The van der Waals surface area contributed by atoms with Gasteiger partial charge in [0.15, 0.2) is 11.5 Å². The topological polar surface area (TPSA) is 104 Å². The molecule has 0 radical (unpaired) electrons. The molecule has 8 heteroatoms. The summed E-state index contributed by atoms with van der Waals surface area (Å²) >= 11 is 0. The molecule has 2 saturated carbocycles. The minimum atomic E-state index is -0.383. The van der Waals surface area contributed by atoms with Crippen LogP contribution in [0.4, 0.5) is 4.39 Å². The summed E-state index contributed by atoms with van der Waals surface area (Å²) in [6.45, 7) is 0.566. The van der Waals surface area contributed by atoms with Crippen molar-refractivity contribution in [2.24, 2.45) is 11.8 Å². The number of amides is 2. The van der Waals surface area contributed by atoms with Gasteiger partial charge in [0.25, 0.3) is 5.91 Å². The Morgan fingerprint density at radius 3 is 2.64 bits per heavy atom. The number of rotatable bonds is 10. The van der Waals surface area contributed by atoms with Crippen LogP contribution in [0.3, 0.4) is 0 Å². The summed E-state index contributed by atoms with van der Waals surface area (Å²) in [6.07, 6.45) is 8.22. The van der Waals surface area contributed by atoms with Crippen molar-refractivity contribution in [1.82, 2.24) is 15.8 Å². The van der Waals surface area contributed by atoms with Gasteiger partial charge in [-0.3, -0.25) is 9.59 Å². The molecule has 3 N–H and O–H groups in total. The molecule has 2 fully saturated rings. The molecule has 178 valence electrons. The first-order valence-corrected chi connectivity index (χ1v) is 12.0. The molecule has 4 rings (SSSR count). The number of carbonyl (C=O) groups is 2. The third-order valence-corrected chi connectivity index (χ3v) is 6.86. The lowest BCUT2D eigenvalue weighted by Gasteiger charge is -2.35. The van der Waals surface area contributed by atoms with Gasteiger partial charge in [-0.25, -0.2) is 4.39 Å². The zero-order valence-corrected chi connectivity index (χ0v) is 18.8. The van der Waals surface area contributed by atoms with Crippen LogP contribution in [0, 0.1) is 17.7 Å². The molecule has 2 aliphatic rings. The van der Waals surface area contributed by atoms with Crippen molar-refractivity contribution in [3.63, 3.8) is 0 Å². The van der Waals surface area contributed by atoms with Gasteiger partial charge in [-0.15, -0.1) is 0 Å². The Balaban J connectivity index is 1.06. The van der Waals surface area contributed by atoms with E-state index in [9.17, 15) is 19.1 Å². The number of unbranched alkanes of at least 4 members (excludes halogenated alkanes) is 2. The van der Waals surface area contributed by atoms with E-state index in [4.69, 9.17) is 4.52 Å². The molecular formula is C25H32FN3O4. The van der Waals surface area contributed by atoms with E-state index < -0.39 is 0 Å². The number of benzene rings is 1. The highest BCUT2D eigenvalue weighted by atomic mass is 19.1. The Labute approximate surface area is 193 Å². The van der Waals surface area contributed by atoms with Crippen molar-refractivity contribution in [3.8, 4) is 11.3 Å². The molecule has 1 heterocycles. The summed E-state index contributed by atoms with van der Waals surface area (Å²) in [7, 11) is 0. The lowest BCUT2D eigenvalue weighted by molar-refractivity contribution is -0.130. The number of aromatic nitrogens is 1. The van der Waals surface area contributed by atoms with Crippen molar-refractivity contribution in [3.05, 3.63) is 41.8 Å². The van der Waals surface area contributed by atoms with Crippen LogP contribution in [-0.2, 0) is 4.79 Å². The summed E-state index contributed by atoms with van der Waals surface area (Å²) in [5, 5.41) is 19.5. The summed E-state index contributed by atoms with van der Waals surface area (Å²) in [6, 6.07) is 7.32. The van der Waals surface area contributed by atoms with Crippen LogP contribution in [0.5, 0.6) is 0 Å². The smallest absolute Gasteiger partial charge is 0.273 e. The molecule has 2 aromatic rings. The predicted molar refractivity (Wildman–Crippen MR) is 121 cm³/mol. The third-order valence-electron chi connectivity index (χ3n) is 6.86. The van der Waals surface area contributed by atoms with E-state index in [1.807, 2.05) is 0 Å². The quantitative estimate of drug-likeness (QED) is 0.471. The monoisotopic (exact) mass is 457 g/mol. The van der Waals surface area contributed by atoms with Crippen LogP contribution in [0.2, 0.25) is 0 Å². The molecule has 0 bridgehead atoms. The second kappa shape index (κ2) is 10.9. The predicted octanol–water partition coefficient (Wildman–Crippen LogP) is 3.83. The molecule has 33 heavy (non-hydrogen) atoms. The number of aliphatic hydroxyl groups excluding tert-OH is 1. The second-order valence-electron chi connectivity index (χ2n) is 9.34. The number of nitrogens with one attached hydrogen (secondary N) is 2. The van der Waals surface area contributed by atoms with Gasteiger partial charge in [0.2, 0.25) is 5.91 Å². The van der Waals surface area contributed by atoms with Crippen molar-refractivity contribution in [1.29, 1.82) is 0 Å². The van der Waals surface area contributed by atoms with Crippen molar-refractivity contribution in [2.75, 3.05) is 6.54 Å². The Bertz CT molecular complexity index is 939. The largest absolute Gasteiger partial charge is 0.391 e. The van der Waals surface area contributed by atoms with Crippen LogP contribution in [0.25, 0.3) is 11.3 Å². The van der Waals surface area contributed by atoms with E-state index in [1.165, 1.54) is 12.1 Å². The van der Waals surface area contributed by atoms with Crippen LogP contribution < -0.4 is 10.6 Å². The third kappa shape index (κ3) is 6.19. The van der Waals surface area contributed by atoms with E-state index in [1.54, 1.807) is 18.2 Å². The van der Waals surface area contributed by atoms with E-state index in [-0.39, 0.29) is 41.4 Å². The molecule has 1 aromatic heterocycles. The highest BCUT2D eigenvalue weighted by Gasteiger charge is 2.36. The van der Waals surface area contributed by atoms with E-state index >= 15 is 0 Å². The van der Waals surface area contributed by atoms with Crippen molar-refractivity contribution >= 4 is 11.8 Å². The van der Waals surface area contributed by atoms with Gasteiger partial charge < -0.3 is 20.3 Å². The maximum atomic E-state index is 13.0. The Morgan fingerprint density at radius 1 is 1.12 bits per heavy atom. The summed E-state index contributed by atoms with van der Waals surface area (Å²) < 4.78 is 18.2. The maximum Gasteiger partial charge on any atom is 0.273 e. The number of carbonyl (C=O) groups excluding carboxylic acids is 2. The molecule has 2 aliphatic carbocycles. The minimum Gasteiger partial charge on any atom is -0.391 e. The van der Waals surface area contributed by atoms with Crippen molar-refractivity contribution in [2.45, 2.75) is 69.9 Å². The van der Waals surface area contributed by atoms with Crippen LogP contribution in [0.1, 0.15) is 68.3 Å². The number of nitrogens with zero attached hydrogens (tertiary/aromatic N) is 1. The molecule has 1 aromatic carbocycles. The van der Waals surface area contributed by atoms with Gasteiger partial charge >= 0.3 is 0 Å².